The lowest BCUT2D eigenvalue weighted by Crippen LogP contribution is -2.40. The van der Waals surface area contributed by atoms with Gasteiger partial charge in [-0.05, 0) is 17.0 Å². The number of carbonyl (C=O) groups excluding carboxylic acids is 2. The molecular formula is C16H19N3O2S. The lowest BCUT2D eigenvalue weighted by atomic mass is 10.1. The van der Waals surface area contributed by atoms with Crippen LogP contribution in [0.3, 0.4) is 0 Å². The zero-order chi connectivity index (χ0) is 15.8. The summed E-state index contributed by atoms with van der Waals surface area (Å²) >= 11 is 1.64. The van der Waals surface area contributed by atoms with Crippen LogP contribution in [-0.2, 0) is 9.59 Å². The average molecular weight is 317 g/mol. The molecule has 3 N–H and O–H groups in total. The largest absolute Gasteiger partial charge is 0.358 e. The first-order valence-corrected chi connectivity index (χ1v) is 7.87. The molecule has 0 aliphatic rings. The Morgan fingerprint density at radius 1 is 1.05 bits per heavy atom. The minimum absolute atomic E-state index is 0.00792. The van der Waals surface area contributed by atoms with Crippen molar-refractivity contribution in [1.29, 1.82) is 0 Å². The summed E-state index contributed by atoms with van der Waals surface area (Å²) in [5.41, 5.74) is 1.10. The molecule has 116 valence electrons. The number of hydrogen-bond donors (Lipinski definition) is 3. The molecule has 22 heavy (non-hydrogen) atoms. The fourth-order valence-electron chi connectivity index (χ4n) is 2.01. The highest BCUT2D eigenvalue weighted by atomic mass is 32.1. The summed E-state index contributed by atoms with van der Waals surface area (Å²) in [6.45, 7) is 0.139. The maximum absolute atomic E-state index is 11.8. The Kier molecular flexibility index (Phi) is 6.12. The van der Waals surface area contributed by atoms with E-state index in [0.29, 0.717) is 0 Å². The van der Waals surface area contributed by atoms with Crippen LogP contribution in [0.4, 0.5) is 0 Å². The van der Waals surface area contributed by atoms with Crippen molar-refractivity contribution in [2.75, 3.05) is 20.1 Å². The molecule has 5 nitrogen and oxygen atoms in total. The van der Waals surface area contributed by atoms with Crippen molar-refractivity contribution in [3.05, 3.63) is 58.3 Å². The van der Waals surface area contributed by atoms with Gasteiger partial charge in [-0.1, -0.05) is 36.4 Å². The minimum Gasteiger partial charge on any atom is -0.358 e. The second kappa shape index (κ2) is 8.31. The predicted octanol–water partition coefficient (Wildman–Crippen LogP) is 1.29. The molecule has 0 radical (unpaired) electrons. The predicted molar refractivity (Wildman–Crippen MR) is 87.7 cm³/mol. The molecule has 0 spiro atoms. The van der Waals surface area contributed by atoms with E-state index in [2.05, 4.69) is 16.0 Å². The normalized spacial score (nSPS) is 11.7. The summed E-state index contributed by atoms with van der Waals surface area (Å²) in [5, 5.41) is 10.3. The van der Waals surface area contributed by atoms with Crippen LogP contribution in [0.2, 0.25) is 0 Å². The molecule has 0 saturated carbocycles. The summed E-state index contributed by atoms with van der Waals surface area (Å²) < 4.78 is 0. The van der Waals surface area contributed by atoms with Crippen LogP contribution >= 0.6 is 11.3 Å². The third-order valence-electron chi connectivity index (χ3n) is 3.15. The lowest BCUT2D eigenvalue weighted by Gasteiger charge is -2.17. The number of likely N-dealkylation sites (N-methyl/N-ethyl adjacent to an activating group) is 1. The first-order chi connectivity index (χ1) is 10.7. The van der Waals surface area contributed by atoms with Gasteiger partial charge in [-0.15, -0.1) is 11.3 Å². The first-order valence-electron chi connectivity index (χ1n) is 6.99. The highest BCUT2D eigenvalue weighted by Gasteiger charge is 2.15. The van der Waals surface area contributed by atoms with Crippen LogP contribution in [0, 0.1) is 0 Å². The summed E-state index contributed by atoms with van der Waals surface area (Å²) in [6.07, 6.45) is 0. The Bertz CT molecular complexity index is 599. The fraction of sp³-hybridized carbons (Fsp3) is 0.250. The maximum atomic E-state index is 11.8. The van der Waals surface area contributed by atoms with E-state index in [-0.39, 0.29) is 30.9 Å². The van der Waals surface area contributed by atoms with Gasteiger partial charge in [-0.25, -0.2) is 0 Å². The fourth-order valence-corrected chi connectivity index (χ4v) is 2.84. The summed E-state index contributed by atoms with van der Waals surface area (Å²) in [5.74, 6) is -0.424. The van der Waals surface area contributed by atoms with Gasteiger partial charge in [-0.2, -0.15) is 0 Å². The van der Waals surface area contributed by atoms with E-state index in [0.717, 1.165) is 10.4 Å². The number of benzene rings is 1. The third-order valence-corrected chi connectivity index (χ3v) is 4.09. The zero-order valence-corrected chi connectivity index (χ0v) is 13.2. The molecule has 0 bridgehead atoms. The van der Waals surface area contributed by atoms with Crippen molar-refractivity contribution in [2.24, 2.45) is 0 Å². The number of amides is 2. The van der Waals surface area contributed by atoms with E-state index >= 15 is 0 Å². The lowest BCUT2D eigenvalue weighted by molar-refractivity contribution is -0.125. The highest BCUT2D eigenvalue weighted by Crippen LogP contribution is 2.25. The highest BCUT2D eigenvalue weighted by molar-refractivity contribution is 7.10. The molecule has 0 aliphatic heterocycles. The number of nitrogens with one attached hydrogen (secondary N) is 3. The molecule has 0 unspecified atom stereocenters. The molecule has 1 heterocycles. The Balaban J connectivity index is 1.97. The van der Waals surface area contributed by atoms with Gasteiger partial charge in [0.2, 0.25) is 11.8 Å². The standard InChI is InChI=1S/C16H19N3O2S/c1-17-14(20)10-18-15(21)11-19-16(13-8-5-9-22-13)12-6-3-2-4-7-12/h2-9,16,19H,10-11H2,1H3,(H,17,20)(H,18,21)/t16-/m1/s1. The molecule has 1 aromatic heterocycles. The van der Waals surface area contributed by atoms with Crippen LogP contribution in [0.15, 0.2) is 47.8 Å². The van der Waals surface area contributed by atoms with Gasteiger partial charge in [0, 0.05) is 11.9 Å². The van der Waals surface area contributed by atoms with Crippen molar-refractivity contribution < 1.29 is 9.59 Å². The second-order valence-corrected chi connectivity index (χ2v) is 5.67. The van der Waals surface area contributed by atoms with E-state index in [9.17, 15) is 9.59 Å². The Morgan fingerprint density at radius 2 is 1.82 bits per heavy atom. The number of thiophene rings is 1. The number of rotatable bonds is 7. The van der Waals surface area contributed by atoms with Gasteiger partial charge in [0.05, 0.1) is 19.1 Å². The Labute approximate surface area is 133 Å². The molecule has 1 aromatic carbocycles. The first kappa shape index (κ1) is 16.2. The Hall–Kier alpha value is -2.18. The number of carbonyl (C=O) groups is 2. The van der Waals surface area contributed by atoms with Crippen molar-refractivity contribution in [3.63, 3.8) is 0 Å². The van der Waals surface area contributed by atoms with Crippen LogP contribution in [0.25, 0.3) is 0 Å². The van der Waals surface area contributed by atoms with E-state index in [4.69, 9.17) is 0 Å². The number of hydrogen-bond acceptors (Lipinski definition) is 4. The van der Waals surface area contributed by atoms with Crippen LogP contribution in [-0.4, -0.2) is 32.0 Å². The summed E-state index contributed by atoms with van der Waals surface area (Å²) in [4.78, 5) is 24.1. The van der Waals surface area contributed by atoms with Gasteiger partial charge in [0.15, 0.2) is 0 Å². The third kappa shape index (κ3) is 4.68. The SMILES string of the molecule is CNC(=O)CNC(=O)CN[C@H](c1ccccc1)c1cccs1. The van der Waals surface area contributed by atoms with Crippen molar-refractivity contribution >= 4 is 23.2 Å². The molecule has 0 aliphatic carbocycles. The van der Waals surface area contributed by atoms with Crippen molar-refractivity contribution in [3.8, 4) is 0 Å². The van der Waals surface area contributed by atoms with Crippen molar-refractivity contribution in [1.82, 2.24) is 16.0 Å². The zero-order valence-electron chi connectivity index (χ0n) is 12.3. The van der Waals surface area contributed by atoms with Gasteiger partial charge in [-0.3, -0.25) is 14.9 Å². The molecule has 1 atom stereocenters. The van der Waals surface area contributed by atoms with Crippen LogP contribution < -0.4 is 16.0 Å². The summed E-state index contributed by atoms with van der Waals surface area (Å²) in [7, 11) is 1.54. The topological polar surface area (TPSA) is 70.2 Å². The molecule has 2 aromatic rings. The Morgan fingerprint density at radius 3 is 2.45 bits per heavy atom. The molecule has 0 fully saturated rings. The van der Waals surface area contributed by atoms with E-state index in [1.165, 1.54) is 7.05 Å². The van der Waals surface area contributed by atoms with Gasteiger partial charge >= 0.3 is 0 Å². The van der Waals surface area contributed by atoms with E-state index in [1.807, 2.05) is 47.8 Å². The van der Waals surface area contributed by atoms with Crippen molar-refractivity contribution in [2.45, 2.75) is 6.04 Å². The van der Waals surface area contributed by atoms with Crippen LogP contribution in [0.1, 0.15) is 16.5 Å². The molecule has 0 saturated heterocycles. The van der Waals surface area contributed by atoms with E-state index in [1.54, 1.807) is 11.3 Å². The molecule has 2 amide bonds. The quantitative estimate of drug-likeness (QED) is 0.721. The van der Waals surface area contributed by atoms with Gasteiger partial charge < -0.3 is 10.6 Å². The maximum Gasteiger partial charge on any atom is 0.239 e. The minimum atomic E-state index is -0.216. The van der Waals surface area contributed by atoms with E-state index < -0.39 is 0 Å². The smallest absolute Gasteiger partial charge is 0.239 e. The van der Waals surface area contributed by atoms with Crippen LogP contribution in [0.5, 0.6) is 0 Å². The second-order valence-electron chi connectivity index (χ2n) is 4.69. The molecular weight excluding hydrogens is 298 g/mol. The summed E-state index contributed by atoms with van der Waals surface area (Å²) in [6, 6.07) is 14.0. The van der Waals surface area contributed by atoms with Gasteiger partial charge in [0.1, 0.15) is 0 Å². The average Bonchev–Trinajstić information content (AvgIpc) is 3.08. The monoisotopic (exact) mass is 317 g/mol. The molecule has 6 heteroatoms. The van der Waals surface area contributed by atoms with Gasteiger partial charge in [0.25, 0.3) is 0 Å². The molecule has 2 rings (SSSR count).